The molecule has 70 valence electrons. The van der Waals surface area contributed by atoms with E-state index in [1.165, 1.54) is 12.8 Å². The zero-order valence-electron chi connectivity index (χ0n) is 7.62. The number of aryl methyl sites for hydroxylation is 1. The molecule has 1 fully saturated rings. The average Bonchev–Trinajstić information content (AvgIpc) is 2.89. The highest BCUT2D eigenvalue weighted by Crippen LogP contribution is 2.22. The molecule has 4 nitrogen and oxygen atoms in total. The molecular weight excluding hydrogens is 166 g/mol. The zero-order chi connectivity index (χ0) is 9.26. The second-order valence-electron chi connectivity index (χ2n) is 3.38. The number of hydrogen-bond donors (Lipinski definition) is 2. The predicted octanol–water partition coefficient (Wildman–Crippen LogP) is 0.852. The summed E-state index contributed by atoms with van der Waals surface area (Å²) >= 11 is 0. The van der Waals surface area contributed by atoms with E-state index in [0.29, 0.717) is 12.0 Å². The molecule has 4 heteroatoms. The largest absolute Gasteiger partial charge is 0.392 e. The summed E-state index contributed by atoms with van der Waals surface area (Å²) in [4.78, 5) is 8.35. The van der Waals surface area contributed by atoms with E-state index in [0.717, 1.165) is 11.3 Å². The Morgan fingerprint density at radius 3 is 2.92 bits per heavy atom. The average molecular weight is 179 g/mol. The van der Waals surface area contributed by atoms with Gasteiger partial charge in [-0.3, -0.25) is 0 Å². The molecule has 0 aromatic carbocycles. The van der Waals surface area contributed by atoms with E-state index in [4.69, 9.17) is 5.11 Å². The van der Waals surface area contributed by atoms with Crippen molar-refractivity contribution in [1.29, 1.82) is 0 Å². The molecule has 2 rings (SSSR count). The van der Waals surface area contributed by atoms with Gasteiger partial charge >= 0.3 is 0 Å². The lowest BCUT2D eigenvalue weighted by molar-refractivity contribution is 0.280. The molecule has 0 saturated heterocycles. The van der Waals surface area contributed by atoms with Gasteiger partial charge in [0.25, 0.3) is 0 Å². The summed E-state index contributed by atoms with van der Waals surface area (Å²) in [7, 11) is 0. The minimum Gasteiger partial charge on any atom is -0.392 e. The molecule has 0 atom stereocenters. The minimum atomic E-state index is 0.00947. The van der Waals surface area contributed by atoms with Crippen LogP contribution >= 0.6 is 0 Å². The van der Waals surface area contributed by atoms with Crippen molar-refractivity contribution in [2.45, 2.75) is 32.4 Å². The molecule has 1 heterocycles. The van der Waals surface area contributed by atoms with Crippen LogP contribution in [0.25, 0.3) is 0 Å². The van der Waals surface area contributed by atoms with Gasteiger partial charge < -0.3 is 10.4 Å². The number of aromatic nitrogens is 2. The monoisotopic (exact) mass is 179 g/mol. The van der Waals surface area contributed by atoms with Gasteiger partial charge in [0.1, 0.15) is 0 Å². The molecule has 1 aromatic rings. The van der Waals surface area contributed by atoms with Gasteiger partial charge in [-0.15, -0.1) is 0 Å². The second-order valence-corrected chi connectivity index (χ2v) is 3.38. The van der Waals surface area contributed by atoms with Crippen LogP contribution in [0.2, 0.25) is 0 Å². The molecule has 1 saturated carbocycles. The quantitative estimate of drug-likeness (QED) is 0.722. The van der Waals surface area contributed by atoms with Gasteiger partial charge in [-0.05, 0) is 19.8 Å². The number of aliphatic hydroxyl groups is 1. The zero-order valence-corrected chi connectivity index (χ0v) is 7.62. The van der Waals surface area contributed by atoms with Gasteiger partial charge in [-0.2, -0.15) is 0 Å². The summed E-state index contributed by atoms with van der Waals surface area (Å²) in [6.07, 6.45) is 4.10. The molecule has 2 N–H and O–H groups in total. The topological polar surface area (TPSA) is 58.0 Å². The molecular formula is C9H13N3O. The lowest BCUT2D eigenvalue weighted by Gasteiger charge is -2.05. The van der Waals surface area contributed by atoms with Crippen molar-refractivity contribution in [2.75, 3.05) is 5.32 Å². The maximum absolute atomic E-state index is 8.90. The minimum absolute atomic E-state index is 0.00947. The number of nitrogens with one attached hydrogen (secondary N) is 1. The van der Waals surface area contributed by atoms with Gasteiger partial charge in [0, 0.05) is 23.5 Å². The Bertz CT molecular complexity index is 310. The fourth-order valence-corrected chi connectivity index (χ4v) is 1.13. The fourth-order valence-electron chi connectivity index (χ4n) is 1.13. The first-order valence-corrected chi connectivity index (χ1v) is 4.49. The van der Waals surface area contributed by atoms with Crippen molar-refractivity contribution in [3.63, 3.8) is 0 Å². The molecule has 13 heavy (non-hydrogen) atoms. The van der Waals surface area contributed by atoms with Crippen molar-refractivity contribution in [1.82, 2.24) is 9.97 Å². The van der Waals surface area contributed by atoms with Crippen molar-refractivity contribution in [3.8, 4) is 0 Å². The predicted molar refractivity (Wildman–Crippen MR) is 49.3 cm³/mol. The summed E-state index contributed by atoms with van der Waals surface area (Å²) < 4.78 is 0. The van der Waals surface area contributed by atoms with Crippen LogP contribution in [0, 0.1) is 6.92 Å². The van der Waals surface area contributed by atoms with Crippen molar-refractivity contribution >= 4 is 5.95 Å². The molecule has 0 bridgehead atoms. The maximum atomic E-state index is 8.90. The number of rotatable bonds is 3. The van der Waals surface area contributed by atoms with Crippen LogP contribution in [-0.2, 0) is 6.61 Å². The van der Waals surface area contributed by atoms with Gasteiger partial charge in [0.15, 0.2) is 0 Å². The standard InChI is InChI=1S/C9H13N3O/c1-6-7(5-13)4-10-9(11-6)12-8-2-3-8/h4,8,13H,2-3,5H2,1H3,(H,10,11,12). The number of nitrogens with zero attached hydrogens (tertiary/aromatic N) is 2. The van der Waals surface area contributed by atoms with Gasteiger partial charge in [0.05, 0.1) is 6.61 Å². The molecule has 0 spiro atoms. The summed E-state index contributed by atoms with van der Waals surface area (Å²) in [5, 5.41) is 12.1. The lowest BCUT2D eigenvalue weighted by atomic mass is 10.3. The summed E-state index contributed by atoms with van der Waals surface area (Å²) in [5.74, 6) is 0.678. The maximum Gasteiger partial charge on any atom is 0.223 e. The Kier molecular flexibility index (Phi) is 2.14. The van der Waals surface area contributed by atoms with E-state index in [9.17, 15) is 0 Å². The van der Waals surface area contributed by atoms with E-state index in [2.05, 4.69) is 15.3 Å². The van der Waals surface area contributed by atoms with E-state index in [1.54, 1.807) is 6.20 Å². The van der Waals surface area contributed by atoms with E-state index < -0.39 is 0 Å². The van der Waals surface area contributed by atoms with Crippen LogP contribution in [0.5, 0.6) is 0 Å². The SMILES string of the molecule is Cc1nc(NC2CC2)ncc1CO. The molecule has 1 aromatic heterocycles. The summed E-state index contributed by atoms with van der Waals surface area (Å²) in [5.41, 5.74) is 1.64. The molecule has 0 unspecified atom stereocenters. The first-order chi connectivity index (χ1) is 6.29. The number of hydrogen-bond acceptors (Lipinski definition) is 4. The molecule has 0 radical (unpaired) electrons. The molecule has 1 aliphatic carbocycles. The van der Waals surface area contributed by atoms with Gasteiger partial charge in [-0.25, -0.2) is 9.97 Å². The third-order valence-electron chi connectivity index (χ3n) is 2.16. The van der Waals surface area contributed by atoms with E-state index in [-0.39, 0.29) is 6.61 Å². The number of anilines is 1. The van der Waals surface area contributed by atoms with Crippen LogP contribution in [0.15, 0.2) is 6.20 Å². The number of aliphatic hydroxyl groups excluding tert-OH is 1. The fraction of sp³-hybridized carbons (Fsp3) is 0.556. The Hall–Kier alpha value is -1.16. The van der Waals surface area contributed by atoms with Crippen molar-refractivity contribution in [3.05, 3.63) is 17.5 Å². The van der Waals surface area contributed by atoms with Gasteiger partial charge in [0.2, 0.25) is 5.95 Å². The van der Waals surface area contributed by atoms with Crippen molar-refractivity contribution in [2.24, 2.45) is 0 Å². The Balaban J connectivity index is 2.13. The highest BCUT2D eigenvalue weighted by molar-refractivity contribution is 5.31. The van der Waals surface area contributed by atoms with Crippen LogP contribution in [-0.4, -0.2) is 21.1 Å². The molecule has 1 aliphatic rings. The summed E-state index contributed by atoms with van der Waals surface area (Å²) in [6.45, 7) is 1.89. The Morgan fingerprint density at radius 1 is 1.62 bits per heavy atom. The summed E-state index contributed by atoms with van der Waals surface area (Å²) in [6, 6.07) is 0.569. The first-order valence-electron chi connectivity index (χ1n) is 4.49. The van der Waals surface area contributed by atoms with Crippen LogP contribution < -0.4 is 5.32 Å². The third kappa shape index (κ3) is 1.95. The normalized spacial score (nSPS) is 15.8. The van der Waals surface area contributed by atoms with E-state index in [1.807, 2.05) is 6.92 Å². The van der Waals surface area contributed by atoms with E-state index >= 15 is 0 Å². The Labute approximate surface area is 77.0 Å². The smallest absolute Gasteiger partial charge is 0.223 e. The Morgan fingerprint density at radius 2 is 2.38 bits per heavy atom. The van der Waals surface area contributed by atoms with Crippen LogP contribution in [0.4, 0.5) is 5.95 Å². The van der Waals surface area contributed by atoms with Crippen LogP contribution in [0.1, 0.15) is 24.1 Å². The van der Waals surface area contributed by atoms with Crippen molar-refractivity contribution < 1.29 is 5.11 Å². The third-order valence-corrected chi connectivity index (χ3v) is 2.16. The molecule has 0 amide bonds. The van der Waals surface area contributed by atoms with Crippen LogP contribution in [0.3, 0.4) is 0 Å². The van der Waals surface area contributed by atoms with Gasteiger partial charge in [-0.1, -0.05) is 0 Å². The first kappa shape index (κ1) is 8.44. The highest BCUT2D eigenvalue weighted by atomic mass is 16.3. The second kappa shape index (κ2) is 3.30. The highest BCUT2D eigenvalue weighted by Gasteiger charge is 2.21. The molecule has 0 aliphatic heterocycles. The lowest BCUT2D eigenvalue weighted by Crippen LogP contribution is -2.07.